The fraction of sp³-hybridized carbons (Fsp3) is 0.917. The van der Waals surface area contributed by atoms with Gasteiger partial charge in [0.2, 0.25) is 5.91 Å². The highest BCUT2D eigenvalue weighted by molar-refractivity contribution is 5.79. The number of carbonyl (C=O) groups excluding carboxylic acids is 1. The Morgan fingerprint density at radius 2 is 2.25 bits per heavy atom. The summed E-state index contributed by atoms with van der Waals surface area (Å²) in [5.41, 5.74) is 5.69. The minimum atomic E-state index is -0.0489. The van der Waals surface area contributed by atoms with Crippen molar-refractivity contribution in [1.29, 1.82) is 0 Å². The molecule has 4 nitrogen and oxygen atoms in total. The number of rotatable bonds is 4. The molecule has 94 valence electrons. The van der Waals surface area contributed by atoms with Crippen LogP contribution in [-0.2, 0) is 9.53 Å². The maximum atomic E-state index is 12.3. The number of nitrogens with zero attached hydrogens (tertiary/aromatic N) is 1. The standard InChI is InChI=1S/C12H24N2O2/c1-4-10-8-16-6-5-14(10)12(15)11(7-13)9(2)3/h9-11H,4-8,13H2,1-3H3. The lowest BCUT2D eigenvalue weighted by molar-refractivity contribution is -0.145. The van der Waals surface area contributed by atoms with Gasteiger partial charge in [0.25, 0.3) is 0 Å². The lowest BCUT2D eigenvalue weighted by Gasteiger charge is -2.37. The quantitative estimate of drug-likeness (QED) is 0.776. The van der Waals surface area contributed by atoms with Crippen molar-refractivity contribution >= 4 is 5.91 Å². The van der Waals surface area contributed by atoms with Gasteiger partial charge in [-0.1, -0.05) is 20.8 Å². The number of morpholine rings is 1. The Bertz CT molecular complexity index is 231. The molecule has 2 atom stereocenters. The molecule has 1 aliphatic heterocycles. The minimum Gasteiger partial charge on any atom is -0.377 e. The Balaban J connectivity index is 2.69. The Morgan fingerprint density at radius 3 is 2.75 bits per heavy atom. The van der Waals surface area contributed by atoms with Crippen molar-refractivity contribution in [3.63, 3.8) is 0 Å². The van der Waals surface area contributed by atoms with Crippen molar-refractivity contribution in [1.82, 2.24) is 4.90 Å². The molecule has 16 heavy (non-hydrogen) atoms. The van der Waals surface area contributed by atoms with E-state index in [1.807, 2.05) is 4.90 Å². The largest absolute Gasteiger partial charge is 0.377 e. The van der Waals surface area contributed by atoms with Gasteiger partial charge in [0.05, 0.1) is 25.2 Å². The molecule has 0 aromatic heterocycles. The number of hydrogen-bond acceptors (Lipinski definition) is 3. The highest BCUT2D eigenvalue weighted by atomic mass is 16.5. The van der Waals surface area contributed by atoms with Gasteiger partial charge >= 0.3 is 0 Å². The zero-order chi connectivity index (χ0) is 12.1. The molecule has 1 aliphatic rings. The van der Waals surface area contributed by atoms with Crippen LogP contribution in [0.1, 0.15) is 27.2 Å². The molecule has 0 aromatic rings. The predicted octanol–water partition coefficient (Wildman–Crippen LogP) is 0.855. The monoisotopic (exact) mass is 228 g/mol. The highest BCUT2D eigenvalue weighted by Crippen LogP contribution is 2.18. The molecular weight excluding hydrogens is 204 g/mol. The fourth-order valence-electron chi connectivity index (χ4n) is 2.15. The molecule has 2 unspecified atom stereocenters. The molecule has 0 aliphatic carbocycles. The Hall–Kier alpha value is -0.610. The summed E-state index contributed by atoms with van der Waals surface area (Å²) in [4.78, 5) is 14.3. The first-order chi connectivity index (χ1) is 7.61. The van der Waals surface area contributed by atoms with Crippen molar-refractivity contribution in [2.24, 2.45) is 17.6 Å². The maximum absolute atomic E-state index is 12.3. The van der Waals surface area contributed by atoms with E-state index < -0.39 is 0 Å². The molecule has 1 amide bonds. The van der Waals surface area contributed by atoms with Crippen molar-refractivity contribution in [3.8, 4) is 0 Å². The highest BCUT2D eigenvalue weighted by Gasteiger charge is 2.31. The molecule has 1 fully saturated rings. The van der Waals surface area contributed by atoms with Crippen molar-refractivity contribution < 1.29 is 9.53 Å². The summed E-state index contributed by atoms with van der Waals surface area (Å²) in [5, 5.41) is 0. The second kappa shape index (κ2) is 6.21. The van der Waals surface area contributed by atoms with Crippen LogP contribution in [0.15, 0.2) is 0 Å². The third-order valence-corrected chi connectivity index (χ3v) is 3.36. The van der Waals surface area contributed by atoms with Gasteiger partial charge in [0.1, 0.15) is 0 Å². The number of ether oxygens (including phenoxy) is 1. The Morgan fingerprint density at radius 1 is 1.56 bits per heavy atom. The van der Waals surface area contributed by atoms with E-state index >= 15 is 0 Å². The van der Waals surface area contributed by atoms with Gasteiger partial charge in [-0.25, -0.2) is 0 Å². The summed E-state index contributed by atoms with van der Waals surface area (Å²) in [6.07, 6.45) is 0.946. The van der Waals surface area contributed by atoms with Gasteiger partial charge in [0.15, 0.2) is 0 Å². The summed E-state index contributed by atoms with van der Waals surface area (Å²) >= 11 is 0. The maximum Gasteiger partial charge on any atom is 0.227 e. The van der Waals surface area contributed by atoms with Crippen molar-refractivity contribution in [2.75, 3.05) is 26.3 Å². The van der Waals surface area contributed by atoms with Gasteiger partial charge in [-0.3, -0.25) is 4.79 Å². The average molecular weight is 228 g/mol. The van der Waals surface area contributed by atoms with Gasteiger partial charge in [0, 0.05) is 13.1 Å². The number of hydrogen-bond donors (Lipinski definition) is 1. The fourth-order valence-corrected chi connectivity index (χ4v) is 2.15. The van der Waals surface area contributed by atoms with Crippen LogP contribution < -0.4 is 5.73 Å². The van der Waals surface area contributed by atoms with Crippen molar-refractivity contribution in [3.05, 3.63) is 0 Å². The topological polar surface area (TPSA) is 55.6 Å². The average Bonchev–Trinajstić information content (AvgIpc) is 2.29. The van der Waals surface area contributed by atoms with E-state index in [1.54, 1.807) is 0 Å². The van der Waals surface area contributed by atoms with E-state index in [0.29, 0.717) is 32.2 Å². The molecule has 2 N–H and O–H groups in total. The minimum absolute atomic E-state index is 0.0489. The van der Waals surface area contributed by atoms with E-state index in [-0.39, 0.29) is 17.9 Å². The lowest BCUT2D eigenvalue weighted by atomic mass is 9.93. The Kier molecular flexibility index (Phi) is 5.22. The first-order valence-corrected chi connectivity index (χ1v) is 6.20. The summed E-state index contributed by atoms with van der Waals surface area (Å²) in [7, 11) is 0. The summed E-state index contributed by atoms with van der Waals surface area (Å²) < 4.78 is 5.40. The smallest absolute Gasteiger partial charge is 0.227 e. The van der Waals surface area contributed by atoms with Crippen LogP contribution in [0.25, 0.3) is 0 Å². The molecule has 0 spiro atoms. The third kappa shape index (κ3) is 2.95. The SMILES string of the molecule is CCC1COCCN1C(=O)C(CN)C(C)C. The van der Waals surface area contributed by atoms with Gasteiger partial charge in [-0.2, -0.15) is 0 Å². The van der Waals surface area contributed by atoms with Crippen LogP contribution in [0.2, 0.25) is 0 Å². The van der Waals surface area contributed by atoms with E-state index in [0.717, 1.165) is 6.42 Å². The van der Waals surface area contributed by atoms with E-state index in [1.165, 1.54) is 0 Å². The zero-order valence-electron chi connectivity index (χ0n) is 10.6. The number of carbonyl (C=O) groups is 1. The molecule has 1 saturated heterocycles. The molecule has 0 aromatic carbocycles. The molecular formula is C12H24N2O2. The molecule has 0 radical (unpaired) electrons. The second-order valence-electron chi connectivity index (χ2n) is 4.75. The van der Waals surface area contributed by atoms with Crippen molar-refractivity contribution in [2.45, 2.75) is 33.2 Å². The van der Waals surface area contributed by atoms with E-state index in [9.17, 15) is 4.79 Å². The summed E-state index contributed by atoms with van der Waals surface area (Å²) in [6, 6.07) is 0.231. The van der Waals surface area contributed by atoms with Crippen LogP contribution in [0, 0.1) is 11.8 Å². The predicted molar refractivity (Wildman–Crippen MR) is 64.0 cm³/mol. The van der Waals surface area contributed by atoms with Crippen LogP contribution in [0.4, 0.5) is 0 Å². The van der Waals surface area contributed by atoms with Gasteiger partial charge in [-0.15, -0.1) is 0 Å². The molecule has 1 rings (SSSR count). The summed E-state index contributed by atoms with van der Waals surface area (Å²) in [6.45, 7) is 8.65. The van der Waals surface area contributed by atoms with Gasteiger partial charge in [-0.05, 0) is 12.3 Å². The first kappa shape index (κ1) is 13.5. The van der Waals surface area contributed by atoms with E-state index in [2.05, 4.69) is 20.8 Å². The lowest BCUT2D eigenvalue weighted by Crippen LogP contribution is -2.52. The number of amides is 1. The molecule has 0 bridgehead atoms. The normalized spacial score (nSPS) is 23.6. The molecule has 1 heterocycles. The van der Waals surface area contributed by atoms with Crippen LogP contribution >= 0.6 is 0 Å². The molecule has 0 saturated carbocycles. The Labute approximate surface area is 98.1 Å². The second-order valence-corrected chi connectivity index (χ2v) is 4.75. The first-order valence-electron chi connectivity index (χ1n) is 6.20. The summed E-state index contributed by atoms with van der Waals surface area (Å²) in [5.74, 6) is 0.456. The van der Waals surface area contributed by atoms with Crippen LogP contribution in [-0.4, -0.2) is 43.2 Å². The third-order valence-electron chi connectivity index (χ3n) is 3.36. The van der Waals surface area contributed by atoms with E-state index in [4.69, 9.17) is 10.5 Å². The number of nitrogens with two attached hydrogens (primary N) is 1. The van der Waals surface area contributed by atoms with Crippen LogP contribution in [0.3, 0.4) is 0 Å². The van der Waals surface area contributed by atoms with Gasteiger partial charge < -0.3 is 15.4 Å². The zero-order valence-corrected chi connectivity index (χ0v) is 10.6. The van der Waals surface area contributed by atoms with Crippen LogP contribution in [0.5, 0.6) is 0 Å². The molecule has 4 heteroatoms.